The number of ether oxygens (including phenoxy) is 1. The summed E-state index contributed by atoms with van der Waals surface area (Å²) in [5.74, 6) is -0.279. The molecular weight excluding hydrogens is 533 g/mol. The zero-order valence-electron chi connectivity index (χ0n) is 23.8. The quantitative estimate of drug-likeness (QED) is 0.291. The Morgan fingerprint density at radius 3 is 2.16 bits per heavy atom. The van der Waals surface area contributed by atoms with Crippen LogP contribution in [0.15, 0.2) is 17.3 Å². The molecule has 210 valence electrons. The van der Waals surface area contributed by atoms with Gasteiger partial charge in [-0.3, -0.25) is 4.79 Å². The molecule has 4 unspecified atom stereocenters. The van der Waals surface area contributed by atoms with Gasteiger partial charge < -0.3 is 19.3 Å². The Bertz CT molecular complexity index is 1180. The first-order chi connectivity index (χ1) is 16.6. The number of carbonyl (C=O) groups excluding carboxylic acids is 1. The average molecular weight is 575 g/mol. The molecule has 0 aliphatic carbocycles. The number of rotatable bonds is 7. The van der Waals surface area contributed by atoms with Crippen molar-refractivity contribution in [3.8, 4) is 0 Å². The van der Waals surface area contributed by atoms with Gasteiger partial charge in [0.1, 0.15) is 17.9 Å². The largest absolute Gasteiger partial charge is 0.414 e. The van der Waals surface area contributed by atoms with Gasteiger partial charge in [-0.1, -0.05) is 46.8 Å². The van der Waals surface area contributed by atoms with E-state index in [0.29, 0.717) is 0 Å². The first kappa shape index (κ1) is 30.1. The molecule has 2 N–H and O–H groups in total. The van der Waals surface area contributed by atoms with Crippen LogP contribution in [0.5, 0.6) is 0 Å². The van der Waals surface area contributed by atoms with E-state index in [-0.39, 0.29) is 33.9 Å². The van der Waals surface area contributed by atoms with Crippen molar-refractivity contribution in [2.24, 2.45) is 5.73 Å². The zero-order valence-corrected chi connectivity index (χ0v) is 26.6. The Balaban J connectivity index is 2.19. The average Bonchev–Trinajstić information content (AvgIpc) is 3.34. The number of aromatic nitrogens is 3. The maximum atomic E-state index is 12.8. The van der Waals surface area contributed by atoms with Crippen molar-refractivity contribution in [3.63, 3.8) is 0 Å². The van der Waals surface area contributed by atoms with Gasteiger partial charge in [0.15, 0.2) is 34.2 Å². The fourth-order valence-electron chi connectivity index (χ4n) is 3.87. The maximum Gasteiger partial charge on any atom is 0.292 e. The molecule has 4 atom stereocenters. The van der Waals surface area contributed by atoms with Crippen LogP contribution in [0.25, 0.3) is 0 Å². The number of nitrogens with zero attached hydrogens (tertiary/aromatic N) is 3. The first-order valence-corrected chi connectivity index (χ1v) is 19.7. The Labute approximate surface area is 222 Å². The molecule has 0 saturated carbocycles. The van der Waals surface area contributed by atoms with Crippen molar-refractivity contribution in [1.82, 2.24) is 15.0 Å². The lowest BCUT2D eigenvalue weighted by atomic mass is 9.89. The van der Waals surface area contributed by atoms with Gasteiger partial charge in [-0.15, -0.1) is 5.10 Å². The summed E-state index contributed by atoms with van der Waals surface area (Å²) in [6.45, 7) is 22.2. The number of nitrogens with two attached hydrogens (primary N) is 1. The van der Waals surface area contributed by atoms with E-state index in [9.17, 15) is 13.2 Å². The van der Waals surface area contributed by atoms with E-state index in [1.165, 1.54) is 17.8 Å². The van der Waals surface area contributed by atoms with Crippen molar-refractivity contribution < 1.29 is 31.0 Å². The van der Waals surface area contributed by atoms with Crippen molar-refractivity contribution >= 4 is 32.5 Å². The minimum absolute atomic E-state index is 0.0124. The smallest absolute Gasteiger partial charge is 0.292 e. The standard InChI is InChI=1S/C23H42N4O7SSi2/c1-15(28)16-12-25-26-27(16)20-19(33-37(10,11)22(5,6)7)23(17(24)14-35(29,30)34-23)18(32-20)13-31-36(8,9)21(2,3)4/h12,14,18-20H,13,24H2,1-11H3. The lowest BCUT2D eigenvalue weighted by Gasteiger charge is -2.43. The first-order valence-electron chi connectivity index (χ1n) is 12.4. The maximum absolute atomic E-state index is 12.8. The molecule has 3 rings (SSSR count). The van der Waals surface area contributed by atoms with E-state index >= 15 is 0 Å². The van der Waals surface area contributed by atoms with E-state index in [1.807, 2.05) is 13.1 Å². The van der Waals surface area contributed by atoms with Crippen LogP contribution in [0.3, 0.4) is 0 Å². The van der Waals surface area contributed by atoms with Crippen LogP contribution in [-0.2, 0) is 27.9 Å². The molecule has 0 radical (unpaired) electrons. The van der Waals surface area contributed by atoms with Gasteiger partial charge in [0.25, 0.3) is 10.1 Å². The van der Waals surface area contributed by atoms with Crippen LogP contribution in [-0.4, -0.2) is 70.2 Å². The van der Waals surface area contributed by atoms with Crippen molar-refractivity contribution in [2.45, 2.75) is 109 Å². The van der Waals surface area contributed by atoms with Crippen LogP contribution < -0.4 is 5.73 Å². The summed E-state index contributed by atoms with van der Waals surface area (Å²) in [7, 11) is -8.99. The van der Waals surface area contributed by atoms with Gasteiger partial charge >= 0.3 is 0 Å². The predicted octanol–water partition coefficient (Wildman–Crippen LogP) is 3.69. The molecule has 1 spiro atoms. The van der Waals surface area contributed by atoms with E-state index in [0.717, 1.165) is 5.41 Å². The molecule has 0 aromatic carbocycles. The fourth-order valence-corrected chi connectivity index (χ4v) is 7.38. The third kappa shape index (κ3) is 5.38. The summed E-state index contributed by atoms with van der Waals surface area (Å²) >= 11 is 0. The van der Waals surface area contributed by atoms with E-state index in [1.54, 1.807) is 0 Å². The summed E-state index contributed by atoms with van der Waals surface area (Å²) in [6.07, 6.45) is -1.70. The molecule has 11 nitrogen and oxygen atoms in total. The lowest BCUT2D eigenvalue weighted by molar-refractivity contribution is -0.0601. The van der Waals surface area contributed by atoms with Gasteiger partial charge in [-0.2, -0.15) is 8.42 Å². The highest BCUT2D eigenvalue weighted by Crippen LogP contribution is 2.52. The van der Waals surface area contributed by atoms with Crippen LogP contribution in [0.1, 0.15) is 65.2 Å². The highest BCUT2D eigenvalue weighted by Gasteiger charge is 2.67. The van der Waals surface area contributed by atoms with Crippen molar-refractivity contribution in [1.29, 1.82) is 0 Å². The summed E-state index contributed by atoms with van der Waals surface area (Å²) in [5.41, 5.74) is 4.90. The fraction of sp³-hybridized carbons (Fsp3) is 0.783. The molecule has 1 aromatic rings. The second-order valence-electron chi connectivity index (χ2n) is 12.9. The monoisotopic (exact) mass is 574 g/mol. The summed E-state index contributed by atoms with van der Waals surface area (Å²) in [6, 6.07) is 0. The van der Waals surface area contributed by atoms with Crippen LogP contribution in [0, 0.1) is 0 Å². The minimum atomic E-state index is -4.13. The Morgan fingerprint density at radius 2 is 1.70 bits per heavy atom. The van der Waals surface area contributed by atoms with Crippen molar-refractivity contribution in [3.05, 3.63) is 23.0 Å². The molecule has 2 aliphatic rings. The van der Waals surface area contributed by atoms with Gasteiger partial charge in [-0.25, -0.2) is 8.86 Å². The summed E-state index contributed by atoms with van der Waals surface area (Å²) in [4.78, 5) is 12.4. The topological polar surface area (TPSA) is 145 Å². The third-order valence-electron chi connectivity index (χ3n) is 8.25. The van der Waals surface area contributed by atoms with Gasteiger partial charge in [0.2, 0.25) is 0 Å². The molecule has 0 amide bonds. The highest BCUT2D eigenvalue weighted by molar-refractivity contribution is 7.90. The lowest BCUT2D eigenvalue weighted by Crippen LogP contribution is -2.59. The second-order valence-corrected chi connectivity index (χ2v) is 23.9. The number of carbonyl (C=O) groups is 1. The molecule has 14 heteroatoms. The van der Waals surface area contributed by atoms with E-state index in [4.69, 9.17) is 23.5 Å². The molecule has 0 bridgehead atoms. The third-order valence-corrected chi connectivity index (χ3v) is 18.3. The van der Waals surface area contributed by atoms with E-state index < -0.39 is 50.8 Å². The van der Waals surface area contributed by atoms with Crippen LogP contribution in [0.4, 0.5) is 0 Å². The Kier molecular flexibility index (Phi) is 7.61. The highest BCUT2D eigenvalue weighted by atomic mass is 32.2. The van der Waals surface area contributed by atoms with Crippen molar-refractivity contribution in [2.75, 3.05) is 6.61 Å². The number of hydrogen-bond donors (Lipinski definition) is 1. The summed E-state index contributed by atoms with van der Waals surface area (Å²) < 4.78 is 52.5. The SMILES string of the molecule is CC(=O)c1cnnn1C1OC(CO[Si](C)(C)C(C)(C)C)C2(OS(=O)(=O)C=C2N)C1O[Si](C)(C)C(C)(C)C. The minimum Gasteiger partial charge on any atom is -0.414 e. The van der Waals surface area contributed by atoms with E-state index in [2.05, 4.69) is 64.9 Å². The number of Topliss-reactive ketones (excluding diaryl/α,β-unsaturated/α-hetero) is 1. The number of hydrogen-bond acceptors (Lipinski definition) is 10. The van der Waals surface area contributed by atoms with Crippen LogP contribution in [0.2, 0.25) is 36.3 Å². The molecule has 37 heavy (non-hydrogen) atoms. The molecular formula is C23H42N4O7SSi2. The second kappa shape index (κ2) is 9.35. The molecule has 1 aromatic heterocycles. The normalized spacial score (nSPS) is 28.6. The van der Waals surface area contributed by atoms with Gasteiger partial charge in [0.05, 0.1) is 23.9 Å². The number of ketones is 1. The summed E-state index contributed by atoms with van der Waals surface area (Å²) in [5, 5.41) is 8.60. The van der Waals surface area contributed by atoms with Gasteiger partial charge in [-0.05, 0) is 36.3 Å². The van der Waals surface area contributed by atoms with Crippen LogP contribution >= 0.6 is 0 Å². The predicted molar refractivity (Wildman–Crippen MR) is 144 cm³/mol. The molecule has 1 fully saturated rings. The molecule has 2 aliphatic heterocycles. The molecule has 3 heterocycles. The Hall–Kier alpha value is -1.43. The zero-order chi connectivity index (χ0) is 28.4. The Morgan fingerprint density at radius 1 is 1.14 bits per heavy atom. The molecule has 1 saturated heterocycles. The van der Waals surface area contributed by atoms with Gasteiger partial charge in [0, 0.05) is 6.92 Å².